The van der Waals surface area contributed by atoms with E-state index < -0.39 is 6.04 Å². The lowest BCUT2D eigenvalue weighted by Gasteiger charge is -2.13. The van der Waals surface area contributed by atoms with Crippen molar-refractivity contribution in [2.24, 2.45) is 5.73 Å². The number of ether oxygens (including phenoxy) is 1. The van der Waals surface area contributed by atoms with Crippen LogP contribution >= 0.6 is 0 Å². The van der Waals surface area contributed by atoms with E-state index in [1.54, 1.807) is 18.2 Å². The molecule has 100 valence electrons. The summed E-state index contributed by atoms with van der Waals surface area (Å²) in [7, 11) is 1.53. The molecule has 0 aliphatic heterocycles. The fourth-order valence-corrected chi connectivity index (χ4v) is 1.88. The van der Waals surface area contributed by atoms with Gasteiger partial charge in [0.2, 0.25) is 5.88 Å². The molecule has 1 aromatic heterocycles. The molecule has 1 heterocycles. The minimum atomic E-state index is -0.445. The summed E-state index contributed by atoms with van der Waals surface area (Å²) in [6.07, 6.45) is 1.84. The monoisotopic (exact) mass is 261 g/mol. The molecule has 0 aliphatic rings. The van der Waals surface area contributed by atoms with Crippen molar-refractivity contribution >= 4 is 0 Å². The molecule has 5 heteroatoms. The summed E-state index contributed by atoms with van der Waals surface area (Å²) in [6, 6.07) is 6.18. The Balaban J connectivity index is 2.20. The highest BCUT2D eigenvalue weighted by molar-refractivity contribution is 5.28. The van der Waals surface area contributed by atoms with Crippen LogP contribution in [0.3, 0.4) is 0 Å². The maximum absolute atomic E-state index is 13.7. The molecule has 19 heavy (non-hydrogen) atoms. The summed E-state index contributed by atoms with van der Waals surface area (Å²) in [5.41, 5.74) is 8.25. The first-order valence-electron chi connectivity index (χ1n) is 5.96. The highest BCUT2D eigenvalue weighted by Gasteiger charge is 2.13. The van der Waals surface area contributed by atoms with E-state index in [4.69, 9.17) is 10.5 Å². The number of aryl methyl sites for hydroxylation is 1. The van der Waals surface area contributed by atoms with E-state index in [1.807, 2.05) is 6.92 Å². The molecule has 1 atom stereocenters. The summed E-state index contributed by atoms with van der Waals surface area (Å²) in [5.74, 6) is 0.182. The minimum Gasteiger partial charge on any atom is -0.481 e. The van der Waals surface area contributed by atoms with Gasteiger partial charge in [-0.1, -0.05) is 17.7 Å². The quantitative estimate of drug-likeness (QED) is 0.916. The van der Waals surface area contributed by atoms with Crippen LogP contribution in [0.1, 0.15) is 22.9 Å². The summed E-state index contributed by atoms with van der Waals surface area (Å²) in [4.78, 5) is 8.03. The first-order chi connectivity index (χ1) is 9.10. The number of hydrogen-bond acceptors (Lipinski definition) is 4. The van der Waals surface area contributed by atoms with Crippen molar-refractivity contribution in [3.8, 4) is 5.88 Å². The average Bonchev–Trinajstić information content (AvgIpc) is 2.41. The summed E-state index contributed by atoms with van der Waals surface area (Å²) in [5, 5.41) is 0. The molecule has 0 bridgehead atoms. The Kier molecular flexibility index (Phi) is 4.06. The molecule has 1 unspecified atom stereocenters. The SMILES string of the molecule is COc1cc(CC(N)c2cc(C)ccc2F)ncn1. The molecule has 0 saturated heterocycles. The average molecular weight is 261 g/mol. The van der Waals surface area contributed by atoms with Crippen LogP contribution in [0.2, 0.25) is 0 Å². The molecule has 4 nitrogen and oxygen atoms in total. The zero-order valence-electron chi connectivity index (χ0n) is 10.9. The zero-order chi connectivity index (χ0) is 13.8. The van der Waals surface area contributed by atoms with Crippen LogP contribution in [-0.2, 0) is 6.42 Å². The molecule has 0 fully saturated rings. The Labute approximate surface area is 111 Å². The predicted octanol–water partition coefficient (Wildman–Crippen LogP) is 2.18. The van der Waals surface area contributed by atoms with Gasteiger partial charge in [0.25, 0.3) is 0 Å². The zero-order valence-corrected chi connectivity index (χ0v) is 10.9. The number of benzene rings is 1. The van der Waals surface area contributed by atoms with Gasteiger partial charge in [-0.05, 0) is 13.0 Å². The smallest absolute Gasteiger partial charge is 0.216 e. The molecule has 0 amide bonds. The fraction of sp³-hybridized carbons (Fsp3) is 0.286. The van der Waals surface area contributed by atoms with E-state index in [0.29, 0.717) is 17.9 Å². The van der Waals surface area contributed by atoms with Crippen molar-refractivity contribution < 1.29 is 9.13 Å². The fourth-order valence-electron chi connectivity index (χ4n) is 1.88. The molecule has 0 spiro atoms. The second kappa shape index (κ2) is 5.75. The van der Waals surface area contributed by atoms with E-state index in [-0.39, 0.29) is 5.82 Å². The number of hydrogen-bond donors (Lipinski definition) is 1. The molecule has 1 aromatic carbocycles. The van der Waals surface area contributed by atoms with Crippen molar-refractivity contribution in [2.45, 2.75) is 19.4 Å². The van der Waals surface area contributed by atoms with Gasteiger partial charge >= 0.3 is 0 Å². The highest BCUT2D eigenvalue weighted by atomic mass is 19.1. The van der Waals surface area contributed by atoms with Crippen molar-refractivity contribution in [2.75, 3.05) is 7.11 Å². The van der Waals surface area contributed by atoms with Gasteiger partial charge in [0.1, 0.15) is 12.1 Å². The van der Waals surface area contributed by atoms with E-state index in [0.717, 1.165) is 11.3 Å². The summed E-state index contributed by atoms with van der Waals surface area (Å²) in [6.45, 7) is 1.91. The Morgan fingerprint density at radius 3 is 2.84 bits per heavy atom. The molecule has 2 N–H and O–H groups in total. The van der Waals surface area contributed by atoms with E-state index in [2.05, 4.69) is 9.97 Å². The normalized spacial score (nSPS) is 12.2. The lowest BCUT2D eigenvalue weighted by Crippen LogP contribution is -2.16. The van der Waals surface area contributed by atoms with Gasteiger partial charge in [-0.25, -0.2) is 14.4 Å². The van der Waals surface area contributed by atoms with Gasteiger partial charge in [0, 0.05) is 29.8 Å². The minimum absolute atomic E-state index is 0.292. The molecule has 0 radical (unpaired) electrons. The van der Waals surface area contributed by atoms with Crippen LogP contribution in [0.25, 0.3) is 0 Å². The van der Waals surface area contributed by atoms with Crippen molar-refractivity contribution in [3.63, 3.8) is 0 Å². The second-order valence-electron chi connectivity index (χ2n) is 4.39. The van der Waals surface area contributed by atoms with Crippen LogP contribution in [0.4, 0.5) is 4.39 Å². The highest BCUT2D eigenvalue weighted by Crippen LogP contribution is 2.20. The first kappa shape index (κ1) is 13.4. The van der Waals surface area contributed by atoms with Crippen LogP contribution in [0.5, 0.6) is 5.88 Å². The van der Waals surface area contributed by atoms with Gasteiger partial charge in [0.05, 0.1) is 7.11 Å². The maximum Gasteiger partial charge on any atom is 0.216 e. The Morgan fingerprint density at radius 2 is 2.11 bits per heavy atom. The Hall–Kier alpha value is -2.01. The molecule has 2 rings (SSSR count). The number of halogens is 1. The topological polar surface area (TPSA) is 61.0 Å². The summed E-state index contributed by atoms with van der Waals surface area (Å²) >= 11 is 0. The van der Waals surface area contributed by atoms with Crippen LogP contribution in [0.15, 0.2) is 30.6 Å². The lowest BCUT2D eigenvalue weighted by atomic mass is 10.0. The number of rotatable bonds is 4. The Morgan fingerprint density at radius 1 is 1.32 bits per heavy atom. The van der Waals surface area contributed by atoms with Gasteiger partial charge in [0.15, 0.2) is 0 Å². The Bertz CT molecular complexity index is 574. The maximum atomic E-state index is 13.7. The van der Waals surface area contributed by atoms with Crippen LogP contribution in [0, 0.1) is 12.7 Å². The standard InChI is InChI=1S/C14H16FN3O/c1-9-3-4-12(15)11(5-9)13(16)6-10-7-14(19-2)18-8-17-10/h3-5,7-8,13H,6,16H2,1-2H3. The van der Waals surface area contributed by atoms with Crippen molar-refractivity contribution in [3.05, 3.63) is 53.2 Å². The van der Waals surface area contributed by atoms with Crippen LogP contribution in [-0.4, -0.2) is 17.1 Å². The van der Waals surface area contributed by atoms with E-state index in [1.165, 1.54) is 19.5 Å². The first-order valence-corrected chi connectivity index (χ1v) is 5.96. The van der Waals surface area contributed by atoms with Gasteiger partial charge in [-0.3, -0.25) is 0 Å². The second-order valence-corrected chi connectivity index (χ2v) is 4.39. The summed E-state index contributed by atoms with van der Waals surface area (Å²) < 4.78 is 18.7. The molecular weight excluding hydrogens is 245 g/mol. The number of methoxy groups -OCH3 is 1. The van der Waals surface area contributed by atoms with Crippen molar-refractivity contribution in [1.82, 2.24) is 9.97 Å². The van der Waals surface area contributed by atoms with E-state index in [9.17, 15) is 4.39 Å². The third-order valence-electron chi connectivity index (χ3n) is 2.89. The predicted molar refractivity (Wildman–Crippen MR) is 70.4 cm³/mol. The molecular formula is C14H16FN3O. The number of nitrogens with two attached hydrogens (primary N) is 1. The van der Waals surface area contributed by atoms with Gasteiger partial charge in [-0.2, -0.15) is 0 Å². The third-order valence-corrected chi connectivity index (χ3v) is 2.89. The number of aromatic nitrogens is 2. The molecule has 2 aromatic rings. The van der Waals surface area contributed by atoms with Gasteiger partial charge < -0.3 is 10.5 Å². The lowest BCUT2D eigenvalue weighted by molar-refractivity contribution is 0.395. The molecule has 0 saturated carbocycles. The van der Waals surface area contributed by atoms with Crippen LogP contribution < -0.4 is 10.5 Å². The van der Waals surface area contributed by atoms with E-state index >= 15 is 0 Å². The largest absolute Gasteiger partial charge is 0.481 e. The van der Waals surface area contributed by atoms with Crippen molar-refractivity contribution in [1.29, 1.82) is 0 Å². The van der Waals surface area contributed by atoms with Gasteiger partial charge in [-0.15, -0.1) is 0 Å². The number of nitrogens with zero attached hydrogens (tertiary/aromatic N) is 2. The molecule has 0 aliphatic carbocycles. The third kappa shape index (κ3) is 3.26.